The summed E-state index contributed by atoms with van der Waals surface area (Å²) in [6.07, 6.45) is 5.15. The van der Waals surface area contributed by atoms with Crippen molar-refractivity contribution >= 4 is 34.4 Å². The molecule has 0 bridgehead atoms. The van der Waals surface area contributed by atoms with Crippen LogP contribution >= 0.6 is 23.4 Å². The fourth-order valence-corrected chi connectivity index (χ4v) is 3.40. The highest BCUT2D eigenvalue weighted by Gasteiger charge is 2.12. The summed E-state index contributed by atoms with van der Waals surface area (Å²) < 4.78 is 3.45. The smallest absolute Gasteiger partial charge is 0.262 e. The number of hydrogen-bond donors (Lipinski definition) is 1. The van der Waals surface area contributed by atoms with E-state index in [-0.39, 0.29) is 5.56 Å². The molecular formula is C16H13ClN6OS. The van der Waals surface area contributed by atoms with Crippen LogP contribution in [0, 0.1) is 0 Å². The number of benzene rings is 1. The van der Waals surface area contributed by atoms with Gasteiger partial charge in [-0.15, -0.1) is 0 Å². The molecule has 3 heterocycles. The van der Waals surface area contributed by atoms with Crippen LogP contribution in [0.1, 0.15) is 0 Å². The van der Waals surface area contributed by atoms with Gasteiger partial charge >= 0.3 is 0 Å². The molecule has 9 heteroatoms. The SMILES string of the molecule is O=c1[nH]c(SCCn2cccn2)nc2c1cnn2-c1cccc(Cl)c1. The maximum Gasteiger partial charge on any atom is 0.262 e. The van der Waals surface area contributed by atoms with E-state index in [2.05, 4.69) is 20.2 Å². The Kier molecular flexibility index (Phi) is 4.29. The van der Waals surface area contributed by atoms with Gasteiger partial charge in [0, 0.05) is 23.2 Å². The van der Waals surface area contributed by atoms with E-state index in [1.807, 2.05) is 29.1 Å². The van der Waals surface area contributed by atoms with Crippen molar-refractivity contribution in [2.45, 2.75) is 11.7 Å². The Morgan fingerprint density at radius 2 is 2.16 bits per heavy atom. The quantitative estimate of drug-likeness (QED) is 0.430. The van der Waals surface area contributed by atoms with Gasteiger partial charge < -0.3 is 4.98 Å². The molecule has 0 aliphatic heterocycles. The average Bonchev–Trinajstić information content (AvgIpc) is 3.24. The van der Waals surface area contributed by atoms with Crippen molar-refractivity contribution in [2.75, 3.05) is 5.75 Å². The van der Waals surface area contributed by atoms with Crippen LogP contribution in [-0.4, -0.2) is 35.3 Å². The molecule has 0 radical (unpaired) electrons. The Morgan fingerprint density at radius 1 is 1.24 bits per heavy atom. The highest BCUT2D eigenvalue weighted by atomic mass is 35.5. The molecule has 4 rings (SSSR count). The Morgan fingerprint density at radius 3 is 2.96 bits per heavy atom. The van der Waals surface area contributed by atoms with Crippen molar-refractivity contribution in [3.05, 3.63) is 64.3 Å². The van der Waals surface area contributed by atoms with Gasteiger partial charge in [0.25, 0.3) is 5.56 Å². The Bertz CT molecular complexity index is 1070. The molecule has 126 valence electrons. The van der Waals surface area contributed by atoms with Crippen LogP contribution in [0.5, 0.6) is 0 Å². The van der Waals surface area contributed by atoms with E-state index in [0.717, 1.165) is 18.0 Å². The summed E-state index contributed by atoms with van der Waals surface area (Å²) in [5, 5.41) is 10.0. The fourth-order valence-electron chi connectivity index (χ4n) is 2.43. The second-order valence-electron chi connectivity index (χ2n) is 5.26. The Hall–Kier alpha value is -2.58. The minimum absolute atomic E-state index is 0.208. The molecule has 0 spiro atoms. The number of nitrogens with zero attached hydrogens (tertiary/aromatic N) is 5. The van der Waals surface area contributed by atoms with Crippen molar-refractivity contribution < 1.29 is 0 Å². The van der Waals surface area contributed by atoms with E-state index < -0.39 is 0 Å². The lowest BCUT2D eigenvalue weighted by Gasteiger charge is -2.05. The number of aromatic amines is 1. The number of rotatable bonds is 5. The predicted molar refractivity (Wildman–Crippen MR) is 97.4 cm³/mol. The van der Waals surface area contributed by atoms with Crippen molar-refractivity contribution in [3.8, 4) is 5.69 Å². The zero-order valence-electron chi connectivity index (χ0n) is 13.0. The highest BCUT2D eigenvalue weighted by molar-refractivity contribution is 7.99. The number of aryl methyl sites for hydroxylation is 1. The molecule has 0 unspecified atom stereocenters. The molecule has 4 aromatic rings. The maximum atomic E-state index is 12.3. The van der Waals surface area contributed by atoms with Crippen molar-refractivity contribution in [1.82, 2.24) is 29.5 Å². The number of hydrogen-bond acceptors (Lipinski definition) is 5. The van der Waals surface area contributed by atoms with Gasteiger partial charge in [-0.2, -0.15) is 10.2 Å². The maximum absolute atomic E-state index is 12.3. The van der Waals surface area contributed by atoms with Gasteiger partial charge in [0.05, 0.1) is 18.4 Å². The monoisotopic (exact) mass is 372 g/mol. The van der Waals surface area contributed by atoms with E-state index in [1.165, 1.54) is 18.0 Å². The van der Waals surface area contributed by atoms with Gasteiger partial charge in [-0.05, 0) is 24.3 Å². The molecular weight excluding hydrogens is 360 g/mol. The first-order valence-corrected chi connectivity index (χ1v) is 8.91. The second kappa shape index (κ2) is 6.73. The molecule has 0 aliphatic rings. The van der Waals surface area contributed by atoms with E-state index in [9.17, 15) is 4.79 Å². The van der Waals surface area contributed by atoms with Gasteiger partial charge in [-0.3, -0.25) is 9.48 Å². The molecule has 0 atom stereocenters. The van der Waals surface area contributed by atoms with Crippen LogP contribution in [-0.2, 0) is 6.54 Å². The van der Waals surface area contributed by atoms with E-state index >= 15 is 0 Å². The lowest BCUT2D eigenvalue weighted by molar-refractivity contribution is 0.665. The van der Waals surface area contributed by atoms with E-state index in [1.54, 1.807) is 23.0 Å². The number of thioether (sulfide) groups is 1. The van der Waals surface area contributed by atoms with Crippen molar-refractivity contribution in [3.63, 3.8) is 0 Å². The van der Waals surface area contributed by atoms with Gasteiger partial charge in [0.1, 0.15) is 5.39 Å². The third-order valence-corrected chi connectivity index (χ3v) is 4.68. The molecule has 7 nitrogen and oxygen atoms in total. The third-order valence-electron chi connectivity index (χ3n) is 3.59. The fraction of sp³-hybridized carbons (Fsp3) is 0.125. The summed E-state index contributed by atoms with van der Waals surface area (Å²) in [7, 11) is 0. The molecule has 1 N–H and O–H groups in total. The Balaban J connectivity index is 1.65. The van der Waals surface area contributed by atoms with Crippen LogP contribution < -0.4 is 5.56 Å². The van der Waals surface area contributed by atoms with Gasteiger partial charge in [-0.1, -0.05) is 29.4 Å². The molecule has 0 amide bonds. The predicted octanol–water partition coefficient (Wildman–Crippen LogP) is 2.75. The van der Waals surface area contributed by atoms with Gasteiger partial charge in [0.15, 0.2) is 10.8 Å². The van der Waals surface area contributed by atoms with Gasteiger partial charge in [-0.25, -0.2) is 9.67 Å². The molecule has 0 fully saturated rings. The molecule has 25 heavy (non-hydrogen) atoms. The third kappa shape index (κ3) is 3.31. The van der Waals surface area contributed by atoms with Crippen molar-refractivity contribution in [2.24, 2.45) is 0 Å². The van der Waals surface area contributed by atoms with Crippen LogP contribution in [0.3, 0.4) is 0 Å². The molecule has 0 aliphatic carbocycles. The summed E-state index contributed by atoms with van der Waals surface area (Å²) in [6, 6.07) is 9.14. The lowest BCUT2D eigenvalue weighted by Crippen LogP contribution is -2.10. The topological polar surface area (TPSA) is 81.4 Å². The molecule has 3 aromatic heterocycles. The largest absolute Gasteiger partial charge is 0.301 e. The van der Waals surface area contributed by atoms with Crippen LogP contribution in [0.2, 0.25) is 5.02 Å². The van der Waals surface area contributed by atoms with E-state index in [4.69, 9.17) is 11.6 Å². The summed E-state index contributed by atoms with van der Waals surface area (Å²) in [5.74, 6) is 0.738. The first kappa shape index (κ1) is 15.9. The number of aromatic nitrogens is 6. The summed E-state index contributed by atoms with van der Waals surface area (Å²) in [4.78, 5) is 19.6. The number of H-pyrrole nitrogens is 1. The minimum Gasteiger partial charge on any atom is -0.301 e. The standard InChI is InChI=1S/C16H13ClN6OS/c17-11-3-1-4-12(9-11)23-14-13(10-19-23)15(24)21-16(20-14)25-8-7-22-6-2-5-18-22/h1-6,9-10H,7-8H2,(H,20,21,24). The molecule has 0 saturated heterocycles. The number of nitrogens with one attached hydrogen (secondary N) is 1. The van der Waals surface area contributed by atoms with Gasteiger partial charge in [0.2, 0.25) is 0 Å². The summed E-state index contributed by atoms with van der Waals surface area (Å²) >= 11 is 7.51. The zero-order chi connectivity index (χ0) is 17.2. The first-order chi connectivity index (χ1) is 12.2. The van der Waals surface area contributed by atoms with Crippen LogP contribution in [0.25, 0.3) is 16.7 Å². The van der Waals surface area contributed by atoms with Crippen LogP contribution in [0.4, 0.5) is 0 Å². The number of halogens is 1. The lowest BCUT2D eigenvalue weighted by atomic mass is 10.3. The molecule has 1 aromatic carbocycles. The first-order valence-electron chi connectivity index (χ1n) is 7.55. The van der Waals surface area contributed by atoms with Crippen molar-refractivity contribution in [1.29, 1.82) is 0 Å². The summed E-state index contributed by atoms with van der Waals surface area (Å²) in [5.41, 5.74) is 1.06. The second-order valence-corrected chi connectivity index (χ2v) is 6.78. The average molecular weight is 373 g/mol. The molecule has 0 saturated carbocycles. The van der Waals surface area contributed by atoms with E-state index in [0.29, 0.717) is 21.2 Å². The summed E-state index contributed by atoms with van der Waals surface area (Å²) in [6.45, 7) is 0.729. The normalized spacial score (nSPS) is 11.2. The Labute approximate surface area is 151 Å². The minimum atomic E-state index is -0.208. The van der Waals surface area contributed by atoms with Crippen LogP contribution in [0.15, 0.2) is 58.9 Å². The number of fused-ring (bicyclic) bond motifs is 1. The zero-order valence-corrected chi connectivity index (χ0v) is 14.5. The highest BCUT2D eigenvalue weighted by Crippen LogP contribution is 2.20.